The molecular weight excluding hydrogens is 252 g/mol. The highest BCUT2D eigenvalue weighted by Gasteiger charge is 2.38. The SMILES string of the molecule is CCC(CC)n1ccc(CC(NN)C2(C)CCCO2)n1. The normalized spacial score (nSPS) is 24.4. The molecule has 5 nitrogen and oxygen atoms in total. The lowest BCUT2D eigenvalue weighted by Crippen LogP contribution is -2.52. The van der Waals surface area contributed by atoms with Crippen molar-refractivity contribution in [2.45, 2.75) is 70.6 Å². The number of hydrogen-bond donors (Lipinski definition) is 2. The lowest BCUT2D eigenvalue weighted by atomic mass is 9.90. The van der Waals surface area contributed by atoms with Crippen LogP contribution in [0.1, 0.15) is 58.2 Å². The second-order valence-corrected chi connectivity index (χ2v) is 5.95. The van der Waals surface area contributed by atoms with E-state index in [0.717, 1.165) is 44.4 Å². The van der Waals surface area contributed by atoms with Crippen molar-refractivity contribution in [1.29, 1.82) is 0 Å². The van der Waals surface area contributed by atoms with Gasteiger partial charge in [-0.2, -0.15) is 5.10 Å². The van der Waals surface area contributed by atoms with Gasteiger partial charge in [0.05, 0.1) is 23.4 Å². The molecule has 1 aliphatic rings. The molecule has 2 atom stereocenters. The highest BCUT2D eigenvalue weighted by Crippen LogP contribution is 2.30. The molecule has 2 unspecified atom stereocenters. The lowest BCUT2D eigenvalue weighted by molar-refractivity contribution is -0.0117. The third-order valence-electron chi connectivity index (χ3n) is 4.58. The second kappa shape index (κ2) is 6.70. The molecule has 0 aromatic carbocycles. The Balaban J connectivity index is 2.04. The molecule has 0 radical (unpaired) electrons. The molecule has 1 fully saturated rings. The topological polar surface area (TPSA) is 65.1 Å². The third-order valence-corrected chi connectivity index (χ3v) is 4.58. The summed E-state index contributed by atoms with van der Waals surface area (Å²) in [6.45, 7) is 7.37. The fourth-order valence-electron chi connectivity index (χ4n) is 3.09. The van der Waals surface area contributed by atoms with Crippen molar-refractivity contribution in [3.8, 4) is 0 Å². The first-order valence-corrected chi connectivity index (χ1v) is 7.77. The van der Waals surface area contributed by atoms with Gasteiger partial charge in [-0.25, -0.2) is 0 Å². The largest absolute Gasteiger partial charge is 0.374 e. The van der Waals surface area contributed by atoms with Crippen LogP contribution < -0.4 is 11.3 Å². The number of nitrogens with one attached hydrogen (secondary N) is 1. The lowest BCUT2D eigenvalue weighted by Gasteiger charge is -2.32. The number of hydrogen-bond acceptors (Lipinski definition) is 4. The van der Waals surface area contributed by atoms with Crippen LogP contribution in [0.15, 0.2) is 12.3 Å². The predicted molar refractivity (Wildman–Crippen MR) is 80.3 cm³/mol. The van der Waals surface area contributed by atoms with Crippen molar-refractivity contribution in [3.63, 3.8) is 0 Å². The Hall–Kier alpha value is -0.910. The molecule has 2 heterocycles. The minimum Gasteiger partial charge on any atom is -0.374 e. The molecule has 1 aromatic rings. The molecule has 0 amide bonds. The van der Waals surface area contributed by atoms with E-state index in [2.05, 4.69) is 43.1 Å². The van der Waals surface area contributed by atoms with Gasteiger partial charge < -0.3 is 4.74 Å². The van der Waals surface area contributed by atoms with Crippen LogP contribution in [-0.4, -0.2) is 28.0 Å². The first kappa shape index (κ1) is 15.5. The van der Waals surface area contributed by atoms with E-state index < -0.39 is 0 Å². The van der Waals surface area contributed by atoms with Gasteiger partial charge in [0.1, 0.15) is 0 Å². The predicted octanol–water partition coefficient (Wildman–Crippen LogP) is 2.19. The zero-order valence-corrected chi connectivity index (χ0v) is 12.9. The second-order valence-electron chi connectivity index (χ2n) is 5.95. The molecule has 20 heavy (non-hydrogen) atoms. The molecule has 5 heteroatoms. The molecule has 1 aliphatic heterocycles. The van der Waals surface area contributed by atoms with Crippen LogP contribution in [0.5, 0.6) is 0 Å². The summed E-state index contributed by atoms with van der Waals surface area (Å²) in [5.41, 5.74) is 3.83. The van der Waals surface area contributed by atoms with E-state index in [1.54, 1.807) is 0 Å². The van der Waals surface area contributed by atoms with Crippen molar-refractivity contribution in [1.82, 2.24) is 15.2 Å². The summed E-state index contributed by atoms with van der Waals surface area (Å²) < 4.78 is 7.97. The van der Waals surface area contributed by atoms with Gasteiger partial charge in [0, 0.05) is 19.2 Å². The Morgan fingerprint density at radius 3 is 2.80 bits per heavy atom. The first-order chi connectivity index (χ1) is 9.62. The van der Waals surface area contributed by atoms with E-state index in [4.69, 9.17) is 15.7 Å². The Morgan fingerprint density at radius 2 is 2.25 bits per heavy atom. The zero-order chi connectivity index (χ0) is 14.6. The summed E-state index contributed by atoms with van der Waals surface area (Å²) in [4.78, 5) is 0. The van der Waals surface area contributed by atoms with Crippen LogP contribution in [0, 0.1) is 0 Å². The maximum Gasteiger partial charge on any atom is 0.0824 e. The molecule has 3 N–H and O–H groups in total. The molecule has 0 aliphatic carbocycles. The summed E-state index contributed by atoms with van der Waals surface area (Å²) >= 11 is 0. The molecule has 2 rings (SSSR count). The van der Waals surface area contributed by atoms with Crippen LogP contribution in [0.25, 0.3) is 0 Å². The van der Waals surface area contributed by atoms with E-state index in [-0.39, 0.29) is 11.6 Å². The first-order valence-electron chi connectivity index (χ1n) is 7.77. The summed E-state index contributed by atoms with van der Waals surface area (Å²) in [5.74, 6) is 5.74. The number of nitrogens with zero attached hydrogens (tertiary/aromatic N) is 2. The van der Waals surface area contributed by atoms with E-state index in [1.807, 2.05) is 0 Å². The quantitative estimate of drug-likeness (QED) is 0.593. The van der Waals surface area contributed by atoms with Crippen LogP contribution in [0.2, 0.25) is 0 Å². The third kappa shape index (κ3) is 3.22. The van der Waals surface area contributed by atoms with Gasteiger partial charge in [0.25, 0.3) is 0 Å². The molecule has 1 saturated heterocycles. The number of aromatic nitrogens is 2. The molecule has 0 spiro atoms. The van der Waals surface area contributed by atoms with Crippen molar-refractivity contribution in [3.05, 3.63) is 18.0 Å². The number of nitrogens with two attached hydrogens (primary N) is 1. The zero-order valence-electron chi connectivity index (χ0n) is 12.9. The van der Waals surface area contributed by atoms with Crippen molar-refractivity contribution < 1.29 is 4.74 Å². The van der Waals surface area contributed by atoms with Gasteiger partial charge in [-0.15, -0.1) is 0 Å². The van der Waals surface area contributed by atoms with Gasteiger partial charge in [-0.3, -0.25) is 16.0 Å². The van der Waals surface area contributed by atoms with Gasteiger partial charge >= 0.3 is 0 Å². The van der Waals surface area contributed by atoms with Gasteiger partial charge in [-0.1, -0.05) is 13.8 Å². The summed E-state index contributed by atoms with van der Waals surface area (Å²) in [6, 6.07) is 2.70. The Morgan fingerprint density at radius 1 is 1.50 bits per heavy atom. The maximum absolute atomic E-state index is 5.89. The highest BCUT2D eigenvalue weighted by atomic mass is 16.5. The Bertz CT molecular complexity index is 408. The van der Waals surface area contributed by atoms with Crippen LogP contribution >= 0.6 is 0 Å². The van der Waals surface area contributed by atoms with Crippen molar-refractivity contribution in [2.24, 2.45) is 5.84 Å². The van der Waals surface area contributed by atoms with E-state index in [1.165, 1.54) is 0 Å². The van der Waals surface area contributed by atoms with E-state index in [9.17, 15) is 0 Å². The molecule has 0 bridgehead atoms. The summed E-state index contributed by atoms with van der Waals surface area (Å²) in [5, 5.41) is 4.71. The van der Waals surface area contributed by atoms with Crippen LogP contribution in [-0.2, 0) is 11.2 Å². The van der Waals surface area contributed by atoms with E-state index in [0.29, 0.717) is 6.04 Å². The molecule has 1 aromatic heterocycles. The van der Waals surface area contributed by atoms with Crippen molar-refractivity contribution in [2.75, 3.05) is 6.61 Å². The van der Waals surface area contributed by atoms with Crippen molar-refractivity contribution >= 4 is 0 Å². The monoisotopic (exact) mass is 280 g/mol. The van der Waals surface area contributed by atoms with Gasteiger partial charge in [0.2, 0.25) is 0 Å². The Kier molecular flexibility index (Phi) is 5.18. The summed E-state index contributed by atoms with van der Waals surface area (Å²) in [7, 11) is 0. The molecular formula is C15H28N4O. The molecule has 0 saturated carbocycles. The average molecular weight is 280 g/mol. The van der Waals surface area contributed by atoms with Gasteiger partial charge in [0.15, 0.2) is 0 Å². The van der Waals surface area contributed by atoms with Gasteiger partial charge in [-0.05, 0) is 38.7 Å². The smallest absolute Gasteiger partial charge is 0.0824 e. The highest BCUT2D eigenvalue weighted by molar-refractivity contribution is 5.06. The summed E-state index contributed by atoms with van der Waals surface area (Å²) in [6.07, 6.45) is 7.26. The minimum absolute atomic E-state index is 0.107. The fraction of sp³-hybridized carbons (Fsp3) is 0.800. The maximum atomic E-state index is 5.89. The average Bonchev–Trinajstić information content (AvgIpc) is 3.08. The fourth-order valence-corrected chi connectivity index (χ4v) is 3.09. The van der Waals surface area contributed by atoms with Crippen LogP contribution in [0.3, 0.4) is 0 Å². The Labute approximate surface area is 121 Å². The number of rotatable bonds is 7. The van der Waals surface area contributed by atoms with E-state index >= 15 is 0 Å². The van der Waals surface area contributed by atoms with Crippen LogP contribution in [0.4, 0.5) is 0 Å². The number of ether oxygens (including phenoxy) is 1. The number of hydrazine groups is 1. The standard InChI is InChI=1S/C15H28N4O/c1-4-13(5-2)19-9-7-12(18-19)11-14(17-16)15(3)8-6-10-20-15/h7,9,13-14,17H,4-6,8,10-11,16H2,1-3H3. The molecule has 114 valence electrons. The minimum atomic E-state index is -0.173.